The molecule has 0 saturated heterocycles. The van der Waals surface area contributed by atoms with Gasteiger partial charge in [-0.15, -0.1) is 0 Å². The highest BCUT2D eigenvalue weighted by molar-refractivity contribution is 6.15. The normalized spacial score (nSPS) is 14.2. The summed E-state index contributed by atoms with van der Waals surface area (Å²) in [6, 6.07) is 46.2. The lowest BCUT2D eigenvalue weighted by Gasteiger charge is -2.24. The summed E-state index contributed by atoms with van der Waals surface area (Å²) in [5, 5.41) is 0. The van der Waals surface area contributed by atoms with E-state index >= 15 is 0 Å². The first-order valence-electron chi connectivity index (χ1n) is 16.7. The maximum atomic E-state index is 2.57. The third-order valence-corrected chi connectivity index (χ3v) is 11.7. The van der Waals surface area contributed by atoms with Crippen LogP contribution in [-0.4, -0.2) is 0 Å². The molecule has 0 aromatic heterocycles. The van der Waals surface area contributed by atoms with E-state index in [4.69, 9.17) is 0 Å². The molecule has 7 aromatic rings. The molecule has 5 aliphatic rings. The molecule has 0 heterocycles. The van der Waals surface area contributed by atoms with Crippen molar-refractivity contribution >= 4 is 0 Å². The van der Waals surface area contributed by atoms with E-state index in [-0.39, 0.29) is 0 Å². The van der Waals surface area contributed by atoms with Gasteiger partial charge < -0.3 is 0 Å². The van der Waals surface area contributed by atoms with Gasteiger partial charge in [0.2, 0.25) is 0 Å². The van der Waals surface area contributed by atoms with Gasteiger partial charge >= 0.3 is 0 Å². The lowest BCUT2D eigenvalue weighted by molar-refractivity contribution is 1.21. The molecule has 212 valence electrons. The van der Waals surface area contributed by atoms with Crippen LogP contribution < -0.4 is 0 Å². The van der Waals surface area contributed by atoms with E-state index in [1.165, 1.54) is 117 Å². The Balaban J connectivity index is 1.20. The monoisotopic (exact) mass is 580 g/mol. The molecule has 46 heavy (non-hydrogen) atoms. The van der Waals surface area contributed by atoms with Gasteiger partial charge in [-0.25, -0.2) is 0 Å². The van der Waals surface area contributed by atoms with Crippen LogP contribution in [-0.2, 0) is 25.7 Å². The molecule has 0 aliphatic heterocycles. The first-order chi connectivity index (χ1) is 22.8. The zero-order chi connectivity index (χ0) is 29.7. The maximum absolute atomic E-state index is 2.57. The first-order valence-corrected chi connectivity index (χ1v) is 16.7. The molecule has 7 aromatic carbocycles. The van der Waals surface area contributed by atoms with Crippen molar-refractivity contribution in [3.8, 4) is 77.9 Å². The summed E-state index contributed by atoms with van der Waals surface area (Å²) in [5.41, 5.74) is 32.5. The highest BCUT2D eigenvalue weighted by Crippen LogP contribution is 2.64. The van der Waals surface area contributed by atoms with Crippen molar-refractivity contribution < 1.29 is 0 Å². The summed E-state index contributed by atoms with van der Waals surface area (Å²) >= 11 is 0. The Morgan fingerprint density at radius 1 is 0.261 bits per heavy atom. The van der Waals surface area contributed by atoms with Crippen LogP contribution in [0.3, 0.4) is 0 Å². The van der Waals surface area contributed by atoms with Crippen molar-refractivity contribution in [2.24, 2.45) is 0 Å². The molecule has 0 heteroatoms. The molecule has 0 nitrogen and oxygen atoms in total. The zero-order valence-corrected chi connectivity index (χ0v) is 25.4. The molecule has 0 saturated carbocycles. The van der Waals surface area contributed by atoms with Crippen molar-refractivity contribution in [1.29, 1.82) is 0 Å². The minimum Gasteiger partial charge on any atom is -0.0622 e. The fourth-order valence-corrected chi connectivity index (χ4v) is 9.86. The van der Waals surface area contributed by atoms with E-state index in [1.807, 2.05) is 0 Å². The fraction of sp³-hybridized carbons (Fsp3) is 0.0870. The molecule has 0 bridgehead atoms. The molecule has 0 spiro atoms. The third kappa shape index (κ3) is 2.83. The molecule has 0 amide bonds. The van der Waals surface area contributed by atoms with Gasteiger partial charge in [0.25, 0.3) is 0 Å². The zero-order valence-electron chi connectivity index (χ0n) is 25.4. The Morgan fingerprint density at radius 2 is 0.674 bits per heavy atom. The van der Waals surface area contributed by atoms with E-state index < -0.39 is 0 Å². The predicted octanol–water partition coefficient (Wildman–Crippen LogP) is 11.3. The SMILES string of the molecule is c1ccc(-c2cccc(-c3cc4c5c6c3Cc3ccc7c(c3-6)-c3c(cc(-c6ccccc6)c6c3-c3c(ccc(c3-5)C4)C6)C7)c2)cc1. The van der Waals surface area contributed by atoms with Gasteiger partial charge in [-0.05, 0) is 166 Å². The van der Waals surface area contributed by atoms with Crippen molar-refractivity contribution in [2.75, 3.05) is 0 Å². The van der Waals surface area contributed by atoms with Gasteiger partial charge in [-0.1, -0.05) is 103 Å². The van der Waals surface area contributed by atoms with Crippen LogP contribution in [0.5, 0.6) is 0 Å². The summed E-state index contributed by atoms with van der Waals surface area (Å²) in [6.45, 7) is 0. The molecule has 0 fully saturated rings. The third-order valence-electron chi connectivity index (χ3n) is 11.7. The molecular weight excluding hydrogens is 553 g/mol. The molecule has 0 unspecified atom stereocenters. The number of hydrogen-bond acceptors (Lipinski definition) is 0. The Kier molecular flexibility index (Phi) is 4.26. The summed E-state index contributed by atoms with van der Waals surface area (Å²) in [6.07, 6.45) is 4.05. The van der Waals surface area contributed by atoms with Crippen LogP contribution in [0.2, 0.25) is 0 Å². The number of benzene rings is 7. The van der Waals surface area contributed by atoms with E-state index in [9.17, 15) is 0 Å². The van der Waals surface area contributed by atoms with Gasteiger partial charge in [0.15, 0.2) is 0 Å². The number of rotatable bonds is 3. The average molecular weight is 581 g/mol. The molecule has 5 aliphatic carbocycles. The van der Waals surface area contributed by atoms with Gasteiger partial charge in [0, 0.05) is 0 Å². The predicted molar refractivity (Wildman–Crippen MR) is 189 cm³/mol. The van der Waals surface area contributed by atoms with Gasteiger partial charge in [-0.3, -0.25) is 0 Å². The molecule has 0 atom stereocenters. The largest absolute Gasteiger partial charge is 0.0622 e. The Labute approximate surface area is 268 Å². The van der Waals surface area contributed by atoms with Crippen LogP contribution >= 0.6 is 0 Å². The summed E-state index contributed by atoms with van der Waals surface area (Å²) in [4.78, 5) is 0. The second kappa shape index (κ2) is 8.22. The summed E-state index contributed by atoms with van der Waals surface area (Å²) in [5.74, 6) is 0. The van der Waals surface area contributed by atoms with E-state index in [0.29, 0.717) is 0 Å². The fourth-order valence-electron chi connectivity index (χ4n) is 9.86. The van der Waals surface area contributed by atoms with Gasteiger partial charge in [-0.2, -0.15) is 0 Å². The van der Waals surface area contributed by atoms with Crippen molar-refractivity contribution in [2.45, 2.75) is 25.7 Å². The summed E-state index contributed by atoms with van der Waals surface area (Å²) < 4.78 is 0. The van der Waals surface area contributed by atoms with Crippen LogP contribution in [0, 0.1) is 0 Å². The van der Waals surface area contributed by atoms with Crippen LogP contribution in [0.1, 0.15) is 44.5 Å². The molecule has 0 radical (unpaired) electrons. The van der Waals surface area contributed by atoms with Gasteiger partial charge in [0.05, 0.1) is 0 Å². The highest BCUT2D eigenvalue weighted by Gasteiger charge is 2.42. The lowest BCUT2D eigenvalue weighted by Crippen LogP contribution is -1.99. The molecule has 0 N–H and O–H groups in total. The lowest BCUT2D eigenvalue weighted by atomic mass is 9.79. The van der Waals surface area contributed by atoms with Crippen molar-refractivity contribution in [3.05, 3.63) is 166 Å². The van der Waals surface area contributed by atoms with Crippen molar-refractivity contribution in [3.63, 3.8) is 0 Å². The smallest absolute Gasteiger partial charge is 0.000682 e. The minimum atomic E-state index is 1.00. The minimum absolute atomic E-state index is 1.00. The van der Waals surface area contributed by atoms with Crippen LogP contribution in [0.15, 0.2) is 121 Å². The standard InChI is InChI=1S/C46H28/c1-3-8-25(9-4-1)27-12-7-13-28(18-27)36-24-34-20-30-14-16-31-21-37-35(26-10-5-2-6-11-26)23-33-19-29-15-17-32-22-38(36)46-42(32)40(29)43(33)45(37)41(31)39(30)44(34)46/h1-18,23-24H,19-22H2. The Morgan fingerprint density at radius 3 is 1.24 bits per heavy atom. The molecule has 12 rings (SSSR count). The second-order valence-electron chi connectivity index (χ2n) is 13.9. The highest BCUT2D eigenvalue weighted by atomic mass is 14.5. The maximum Gasteiger partial charge on any atom is -0.000682 e. The second-order valence-corrected chi connectivity index (χ2v) is 13.9. The van der Waals surface area contributed by atoms with E-state index in [1.54, 1.807) is 5.56 Å². The van der Waals surface area contributed by atoms with Crippen LogP contribution in [0.25, 0.3) is 77.9 Å². The van der Waals surface area contributed by atoms with Gasteiger partial charge in [0.1, 0.15) is 0 Å². The topological polar surface area (TPSA) is 0 Å². The Bertz CT molecular complexity index is 2550. The summed E-state index contributed by atoms with van der Waals surface area (Å²) in [7, 11) is 0. The molecular formula is C46H28. The quantitative estimate of drug-likeness (QED) is 0.195. The number of hydrogen-bond donors (Lipinski definition) is 0. The van der Waals surface area contributed by atoms with Crippen LogP contribution in [0.4, 0.5) is 0 Å². The first kappa shape index (κ1) is 23.9. The average Bonchev–Trinajstić information content (AvgIpc) is 3.86. The van der Waals surface area contributed by atoms with E-state index in [2.05, 4.69) is 121 Å². The van der Waals surface area contributed by atoms with Crippen molar-refractivity contribution in [1.82, 2.24) is 0 Å². The Hall–Kier alpha value is -5.46. The van der Waals surface area contributed by atoms with E-state index in [0.717, 1.165) is 25.7 Å².